The molecule has 0 bridgehead atoms. The zero-order valence-electron chi connectivity index (χ0n) is 8.39. The topological polar surface area (TPSA) is 46.3 Å². The first kappa shape index (κ1) is 9.93. The molecule has 0 atom stereocenters. The van der Waals surface area contributed by atoms with Gasteiger partial charge in [0.2, 0.25) is 5.89 Å². The van der Waals surface area contributed by atoms with Crippen LogP contribution in [0.2, 0.25) is 0 Å². The summed E-state index contributed by atoms with van der Waals surface area (Å²) in [6.45, 7) is 0.238. The Labute approximate surface area is 88.4 Å². The lowest BCUT2D eigenvalue weighted by Crippen LogP contribution is -1.89. The van der Waals surface area contributed by atoms with Crippen LogP contribution < -0.4 is 0 Å². The minimum absolute atomic E-state index is 0.238. The van der Waals surface area contributed by atoms with E-state index in [2.05, 4.69) is 4.98 Å². The summed E-state index contributed by atoms with van der Waals surface area (Å²) >= 11 is 0. The summed E-state index contributed by atoms with van der Waals surface area (Å²) in [5.74, 6) is 0.642. The molecule has 0 aliphatic rings. The molecule has 3 heteroatoms. The number of hydrogen-bond donors (Lipinski definition) is 1. The number of rotatable bonds is 4. The molecule has 0 aliphatic carbocycles. The van der Waals surface area contributed by atoms with E-state index < -0.39 is 0 Å². The number of aryl methyl sites for hydroxylation is 1. The molecule has 1 heterocycles. The average Bonchev–Trinajstić information content (AvgIpc) is 2.80. The second kappa shape index (κ2) is 4.75. The molecule has 0 fully saturated rings. The summed E-state index contributed by atoms with van der Waals surface area (Å²) in [5, 5.41) is 8.71. The van der Waals surface area contributed by atoms with Crippen LogP contribution in [0.5, 0.6) is 0 Å². The van der Waals surface area contributed by atoms with Crippen molar-refractivity contribution in [1.82, 2.24) is 4.98 Å². The highest BCUT2D eigenvalue weighted by Gasteiger charge is 2.01. The maximum atomic E-state index is 8.71. The molecule has 0 aliphatic heterocycles. The van der Waals surface area contributed by atoms with E-state index in [9.17, 15) is 0 Å². The van der Waals surface area contributed by atoms with Gasteiger partial charge in [0.25, 0.3) is 0 Å². The van der Waals surface area contributed by atoms with E-state index in [1.165, 1.54) is 5.56 Å². The van der Waals surface area contributed by atoms with Crippen molar-refractivity contribution in [1.29, 1.82) is 0 Å². The Morgan fingerprint density at radius 3 is 2.60 bits per heavy atom. The molecule has 0 amide bonds. The summed E-state index contributed by atoms with van der Waals surface area (Å²) in [5.41, 5.74) is 2.20. The monoisotopic (exact) mass is 203 g/mol. The fraction of sp³-hybridized carbons (Fsp3) is 0.250. The molecule has 2 aromatic rings. The molecule has 2 rings (SSSR count). The highest BCUT2D eigenvalue weighted by molar-refractivity contribution is 5.53. The fourth-order valence-corrected chi connectivity index (χ4v) is 1.46. The van der Waals surface area contributed by atoms with Crippen molar-refractivity contribution in [3.8, 4) is 11.5 Å². The molecule has 78 valence electrons. The Kier molecular flexibility index (Phi) is 3.15. The number of aliphatic hydroxyl groups excluding tert-OH is 1. The Morgan fingerprint density at radius 2 is 2.00 bits per heavy atom. The molecule has 0 unspecified atom stereocenters. The molecule has 15 heavy (non-hydrogen) atoms. The van der Waals surface area contributed by atoms with Gasteiger partial charge in [-0.15, -0.1) is 0 Å². The summed E-state index contributed by atoms with van der Waals surface area (Å²) in [7, 11) is 0. The lowest BCUT2D eigenvalue weighted by molar-refractivity contribution is 0.288. The third-order valence-electron chi connectivity index (χ3n) is 2.26. The van der Waals surface area contributed by atoms with Crippen molar-refractivity contribution >= 4 is 0 Å². The molecule has 0 radical (unpaired) electrons. The van der Waals surface area contributed by atoms with Crippen LogP contribution in [0.1, 0.15) is 12.0 Å². The first-order valence-electron chi connectivity index (χ1n) is 5.00. The normalized spacial score (nSPS) is 10.5. The van der Waals surface area contributed by atoms with Crippen LogP contribution >= 0.6 is 0 Å². The van der Waals surface area contributed by atoms with Crippen LogP contribution in [-0.2, 0) is 6.42 Å². The quantitative estimate of drug-likeness (QED) is 0.829. The molecular weight excluding hydrogens is 190 g/mol. The van der Waals surface area contributed by atoms with E-state index in [1.54, 1.807) is 12.5 Å². The van der Waals surface area contributed by atoms with Gasteiger partial charge in [0.1, 0.15) is 6.26 Å². The molecule has 3 nitrogen and oxygen atoms in total. The minimum atomic E-state index is 0.238. The molecule has 1 N–H and O–H groups in total. The highest BCUT2D eigenvalue weighted by atomic mass is 16.3. The second-order valence-corrected chi connectivity index (χ2v) is 3.36. The van der Waals surface area contributed by atoms with Gasteiger partial charge in [0, 0.05) is 12.2 Å². The Morgan fingerprint density at radius 1 is 1.20 bits per heavy atom. The molecule has 1 aromatic carbocycles. The van der Waals surface area contributed by atoms with Gasteiger partial charge in [-0.1, -0.05) is 12.1 Å². The van der Waals surface area contributed by atoms with Crippen LogP contribution in [0.25, 0.3) is 11.5 Å². The second-order valence-electron chi connectivity index (χ2n) is 3.36. The van der Waals surface area contributed by atoms with Crippen molar-refractivity contribution in [2.75, 3.05) is 6.61 Å². The Balaban J connectivity index is 2.11. The first-order valence-corrected chi connectivity index (χ1v) is 5.00. The molecule has 0 saturated heterocycles. The van der Waals surface area contributed by atoms with Gasteiger partial charge in [-0.2, -0.15) is 0 Å². The largest absolute Gasteiger partial charge is 0.445 e. The third kappa shape index (κ3) is 2.44. The number of aromatic nitrogens is 1. The SMILES string of the molecule is OCCCc1ccc(-c2ncco2)cc1. The molecule has 0 spiro atoms. The van der Waals surface area contributed by atoms with Gasteiger partial charge in [-0.25, -0.2) is 4.98 Å². The number of benzene rings is 1. The van der Waals surface area contributed by atoms with Crippen LogP contribution in [0.3, 0.4) is 0 Å². The summed E-state index contributed by atoms with van der Waals surface area (Å²) in [6.07, 6.45) is 4.91. The fourth-order valence-electron chi connectivity index (χ4n) is 1.46. The maximum absolute atomic E-state index is 8.71. The van der Waals surface area contributed by atoms with Crippen molar-refractivity contribution in [3.63, 3.8) is 0 Å². The predicted molar refractivity (Wildman–Crippen MR) is 57.3 cm³/mol. The van der Waals surface area contributed by atoms with Gasteiger partial charge in [0.05, 0.1) is 6.20 Å². The highest BCUT2D eigenvalue weighted by Crippen LogP contribution is 2.17. The molecule has 0 saturated carbocycles. The number of nitrogens with zero attached hydrogens (tertiary/aromatic N) is 1. The summed E-state index contributed by atoms with van der Waals surface area (Å²) < 4.78 is 5.19. The van der Waals surface area contributed by atoms with Crippen molar-refractivity contribution in [3.05, 3.63) is 42.3 Å². The van der Waals surface area contributed by atoms with Crippen molar-refractivity contribution in [2.24, 2.45) is 0 Å². The summed E-state index contributed by atoms with van der Waals surface area (Å²) in [4.78, 5) is 4.07. The van der Waals surface area contributed by atoms with Crippen LogP contribution in [0, 0.1) is 0 Å². The van der Waals surface area contributed by atoms with E-state index in [1.807, 2.05) is 24.3 Å². The van der Waals surface area contributed by atoms with Crippen molar-refractivity contribution < 1.29 is 9.52 Å². The predicted octanol–water partition coefficient (Wildman–Crippen LogP) is 2.27. The zero-order chi connectivity index (χ0) is 10.5. The van der Waals surface area contributed by atoms with Gasteiger partial charge < -0.3 is 9.52 Å². The van der Waals surface area contributed by atoms with E-state index in [-0.39, 0.29) is 6.61 Å². The summed E-state index contributed by atoms with van der Waals surface area (Å²) in [6, 6.07) is 8.04. The minimum Gasteiger partial charge on any atom is -0.445 e. The van der Waals surface area contributed by atoms with Gasteiger partial charge >= 0.3 is 0 Å². The molecule has 1 aromatic heterocycles. The number of hydrogen-bond acceptors (Lipinski definition) is 3. The van der Waals surface area contributed by atoms with E-state index >= 15 is 0 Å². The number of oxazole rings is 1. The molecular formula is C12H13NO2. The van der Waals surface area contributed by atoms with Crippen LogP contribution in [-0.4, -0.2) is 16.7 Å². The van der Waals surface area contributed by atoms with Gasteiger partial charge in [0.15, 0.2) is 0 Å². The Hall–Kier alpha value is -1.61. The van der Waals surface area contributed by atoms with E-state index in [4.69, 9.17) is 9.52 Å². The smallest absolute Gasteiger partial charge is 0.225 e. The zero-order valence-corrected chi connectivity index (χ0v) is 8.39. The average molecular weight is 203 g/mol. The maximum Gasteiger partial charge on any atom is 0.225 e. The number of aliphatic hydroxyl groups is 1. The van der Waals surface area contributed by atoms with E-state index in [0.29, 0.717) is 5.89 Å². The van der Waals surface area contributed by atoms with Crippen LogP contribution in [0.15, 0.2) is 41.1 Å². The van der Waals surface area contributed by atoms with Gasteiger partial charge in [-0.05, 0) is 30.5 Å². The standard InChI is InChI=1S/C12H13NO2/c14-8-1-2-10-3-5-11(6-4-10)12-13-7-9-15-12/h3-7,9,14H,1-2,8H2. The third-order valence-corrected chi connectivity index (χ3v) is 2.26. The van der Waals surface area contributed by atoms with E-state index in [0.717, 1.165) is 18.4 Å². The first-order chi connectivity index (χ1) is 7.40. The van der Waals surface area contributed by atoms with Crippen molar-refractivity contribution in [2.45, 2.75) is 12.8 Å². The van der Waals surface area contributed by atoms with Gasteiger partial charge in [-0.3, -0.25) is 0 Å². The lowest BCUT2D eigenvalue weighted by Gasteiger charge is -2.00. The van der Waals surface area contributed by atoms with Crippen LogP contribution in [0.4, 0.5) is 0 Å². The lowest BCUT2D eigenvalue weighted by atomic mass is 10.1. The Bertz CT molecular complexity index is 392.